The summed E-state index contributed by atoms with van der Waals surface area (Å²) in [6.45, 7) is 9.60. The van der Waals surface area contributed by atoms with Crippen LogP contribution >= 0.6 is 11.6 Å². The molecule has 0 spiro atoms. The Morgan fingerprint density at radius 2 is 2.00 bits per heavy atom. The molecule has 0 fully saturated rings. The molecule has 0 amide bonds. The maximum atomic E-state index is 6.23. The fourth-order valence-electron chi connectivity index (χ4n) is 1.96. The average Bonchev–Trinajstić information content (AvgIpc) is 2.68. The summed E-state index contributed by atoms with van der Waals surface area (Å²) in [6, 6.07) is 3.90. The smallest absolute Gasteiger partial charge is 0.160 e. The van der Waals surface area contributed by atoms with E-state index in [2.05, 4.69) is 35.3 Å². The predicted molar refractivity (Wildman–Crippen MR) is 75.8 cm³/mol. The van der Waals surface area contributed by atoms with E-state index < -0.39 is 0 Å². The van der Waals surface area contributed by atoms with Crippen molar-refractivity contribution in [2.75, 3.05) is 0 Å². The summed E-state index contributed by atoms with van der Waals surface area (Å²) in [4.78, 5) is 9.03. The van der Waals surface area contributed by atoms with Crippen molar-refractivity contribution in [2.24, 2.45) is 11.8 Å². The molecule has 4 heteroatoms. The predicted octanol–water partition coefficient (Wildman–Crippen LogP) is 4.02. The van der Waals surface area contributed by atoms with Crippen molar-refractivity contribution in [1.82, 2.24) is 14.5 Å². The third kappa shape index (κ3) is 2.51. The maximum absolute atomic E-state index is 6.23. The summed E-state index contributed by atoms with van der Waals surface area (Å²) in [7, 11) is 0. The first-order valence-electron chi connectivity index (χ1n) is 6.46. The van der Waals surface area contributed by atoms with Crippen LogP contribution in [0.25, 0.3) is 11.2 Å². The lowest BCUT2D eigenvalue weighted by atomic mass is 9.98. The summed E-state index contributed by atoms with van der Waals surface area (Å²) in [6.07, 6.45) is 1.81. The van der Waals surface area contributed by atoms with E-state index in [-0.39, 0.29) is 5.38 Å². The largest absolute Gasteiger partial charge is 0.311 e. The number of rotatable bonds is 4. The number of alkyl halides is 1. The summed E-state index contributed by atoms with van der Waals surface area (Å²) in [5.41, 5.74) is 1.86. The minimum Gasteiger partial charge on any atom is -0.311 e. The van der Waals surface area contributed by atoms with Crippen LogP contribution in [0.4, 0.5) is 0 Å². The Hall–Kier alpha value is -1.09. The van der Waals surface area contributed by atoms with E-state index in [9.17, 15) is 0 Å². The van der Waals surface area contributed by atoms with E-state index in [1.54, 1.807) is 0 Å². The maximum Gasteiger partial charge on any atom is 0.160 e. The second kappa shape index (κ2) is 5.27. The van der Waals surface area contributed by atoms with Crippen molar-refractivity contribution < 1.29 is 0 Å². The first-order valence-corrected chi connectivity index (χ1v) is 6.89. The van der Waals surface area contributed by atoms with Gasteiger partial charge >= 0.3 is 0 Å². The Labute approximate surface area is 113 Å². The summed E-state index contributed by atoms with van der Waals surface area (Å²) < 4.78 is 2.16. The van der Waals surface area contributed by atoms with E-state index in [4.69, 9.17) is 11.6 Å². The molecule has 0 aliphatic carbocycles. The molecule has 18 heavy (non-hydrogen) atoms. The van der Waals surface area contributed by atoms with Gasteiger partial charge in [-0.1, -0.05) is 20.8 Å². The Bertz CT molecular complexity index is 531. The van der Waals surface area contributed by atoms with Gasteiger partial charge in [0, 0.05) is 12.7 Å². The minimum absolute atomic E-state index is 0.0986. The van der Waals surface area contributed by atoms with E-state index in [1.165, 1.54) is 0 Å². The number of fused-ring (bicyclic) bond motifs is 1. The molecule has 0 N–H and O–H groups in total. The molecule has 2 heterocycles. The monoisotopic (exact) mass is 265 g/mol. The van der Waals surface area contributed by atoms with Gasteiger partial charge in [0.25, 0.3) is 0 Å². The Kier molecular flexibility index (Phi) is 3.91. The van der Waals surface area contributed by atoms with Gasteiger partial charge in [-0.05, 0) is 30.9 Å². The third-order valence-corrected chi connectivity index (χ3v) is 3.69. The SMILES string of the molecule is CC(Cl)c1nc2cccnc2n1CC(C)C(C)C. The molecular formula is C14H20ClN3. The summed E-state index contributed by atoms with van der Waals surface area (Å²) >= 11 is 6.23. The van der Waals surface area contributed by atoms with Crippen molar-refractivity contribution in [3.63, 3.8) is 0 Å². The highest BCUT2D eigenvalue weighted by atomic mass is 35.5. The second-order valence-electron chi connectivity index (χ2n) is 5.26. The van der Waals surface area contributed by atoms with Gasteiger partial charge in [0.05, 0.1) is 5.38 Å². The molecule has 98 valence electrons. The molecule has 2 aromatic rings. The lowest BCUT2D eigenvalue weighted by molar-refractivity contribution is 0.363. The van der Waals surface area contributed by atoms with Gasteiger partial charge in [-0.25, -0.2) is 9.97 Å². The van der Waals surface area contributed by atoms with Gasteiger partial charge in [-0.2, -0.15) is 0 Å². The highest BCUT2D eigenvalue weighted by Gasteiger charge is 2.18. The quantitative estimate of drug-likeness (QED) is 0.782. The van der Waals surface area contributed by atoms with Crippen LogP contribution in [0, 0.1) is 11.8 Å². The zero-order valence-electron chi connectivity index (χ0n) is 11.4. The van der Waals surface area contributed by atoms with Crippen molar-refractivity contribution in [2.45, 2.75) is 39.6 Å². The van der Waals surface area contributed by atoms with Gasteiger partial charge < -0.3 is 4.57 Å². The van der Waals surface area contributed by atoms with E-state index >= 15 is 0 Å². The summed E-state index contributed by atoms with van der Waals surface area (Å²) in [5.74, 6) is 2.11. The van der Waals surface area contributed by atoms with Crippen LogP contribution in [0.15, 0.2) is 18.3 Å². The molecule has 0 bridgehead atoms. The highest BCUT2D eigenvalue weighted by molar-refractivity contribution is 6.20. The molecule has 0 saturated heterocycles. The van der Waals surface area contributed by atoms with Crippen molar-refractivity contribution in [3.05, 3.63) is 24.2 Å². The molecule has 0 radical (unpaired) electrons. The number of hydrogen-bond acceptors (Lipinski definition) is 2. The topological polar surface area (TPSA) is 30.7 Å². The standard InChI is InChI=1S/C14H20ClN3/c1-9(2)10(3)8-18-13(11(4)15)17-12-6-5-7-16-14(12)18/h5-7,9-11H,8H2,1-4H3. The Morgan fingerprint density at radius 1 is 1.28 bits per heavy atom. The fourth-order valence-corrected chi connectivity index (χ4v) is 2.13. The minimum atomic E-state index is -0.0986. The normalized spacial score (nSPS) is 15.2. The van der Waals surface area contributed by atoms with Crippen LogP contribution in [-0.2, 0) is 6.54 Å². The fraction of sp³-hybridized carbons (Fsp3) is 0.571. The number of hydrogen-bond donors (Lipinski definition) is 0. The van der Waals surface area contributed by atoms with Crippen molar-refractivity contribution in [1.29, 1.82) is 0 Å². The van der Waals surface area contributed by atoms with Crippen LogP contribution in [0.5, 0.6) is 0 Å². The first kappa shape index (κ1) is 13.3. The average molecular weight is 266 g/mol. The van der Waals surface area contributed by atoms with Gasteiger partial charge in [0.15, 0.2) is 5.65 Å². The van der Waals surface area contributed by atoms with Crippen molar-refractivity contribution in [3.8, 4) is 0 Å². The van der Waals surface area contributed by atoms with Crippen LogP contribution in [0.1, 0.15) is 38.9 Å². The molecule has 0 aliphatic rings. The molecule has 2 atom stereocenters. The lowest BCUT2D eigenvalue weighted by Gasteiger charge is -2.18. The van der Waals surface area contributed by atoms with Crippen LogP contribution in [0.2, 0.25) is 0 Å². The van der Waals surface area contributed by atoms with Crippen LogP contribution < -0.4 is 0 Å². The third-order valence-electron chi connectivity index (χ3n) is 3.50. The molecule has 2 unspecified atom stereocenters. The zero-order valence-corrected chi connectivity index (χ0v) is 12.1. The van der Waals surface area contributed by atoms with Crippen LogP contribution in [0.3, 0.4) is 0 Å². The number of halogens is 1. The number of imidazole rings is 1. The molecule has 0 aromatic carbocycles. The molecule has 0 saturated carbocycles. The zero-order chi connectivity index (χ0) is 13.3. The number of pyridine rings is 1. The first-order chi connectivity index (χ1) is 8.50. The molecule has 2 aromatic heterocycles. The van der Waals surface area contributed by atoms with Crippen LogP contribution in [-0.4, -0.2) is 14.5 Å². The second-order valence-corrected chi connectivity index (χ2v) is 5.92. The van der Waals surface area contributed by atoms with Gasteiger partial charge in [-0.15, -0.1) is 11.6 Å². The summed E-state index contributed by atoms with van der Waals surface area (Å²) in [5, 5.41) is -0.0986. The Morgan fingerprint density at radius 3 is 2.61 bits per heavy atom. The lowest BCUT2D eigenvalue weighted by Crippen LogP contribution is -2.15. The number of nitrogens with zero attached hydrogens (tertiary/aromatic N) is 3. The molecular weight excluding hydrogens is 246 g/mol. The number of aromatic nitrogens is 3. The molecule has 3 nitrogen and oxygen atoms in total. The van der Waals surface area contributed by atoms with Crippen molar-refractivity contribution >= 4 is 22.8 Å². The molecule has 2 rings (SSSR count). The molecule has 0 aliphatic heterocycles. The van der Waals surface area contributed by atoms with E-state index in [0.29, 0.717) is 11.8 Å². The highest BCUT2D eigenvalue weighted by Crippen LogP contribution is 2.25. The van der Waals surface area contributed by atoms with E-state index in [1.807, 2.05) is 25.3 Å². The van der Waals surface area contributed by atoms with Gasteiger partial charge in [0.1, 0.15) is 11.3 Å². The Balaban J connectivity index is 2.48. The van der Waals surface area contributed by atoms with E-state index in [0.717, 1.165) is 23.5 Å². The van der Waals surface area contributed by atoms with Gasteiger partial charge in [-0.3, -0.25) is 0 Å². The van der Waals surface area contributed by atoms with Gasteiger partial charge in [0.2, 0.25) is 0 Å².